The van der Waals surface area contributed by atoms with Crippen LogP contribution in [0.3, 0.4) is 0 Å². The Morgan fingerprint density at radius 2 is 0.944 bits per heavy atom. The van der Waals surface area contributed by atoms with Crippen molar-refractivity contribution in [2.45, 2.75) is 49.7 Å². The van der Waals surface area contributed by atoms with Crippen LogP contribution in [0.1, 0.15) is 72.2 Å². The number of thiophene rings is 1. The zero-order chi connectivity index (χ0) is 36.6. The molecular weight excluding hydrogens is 675 g/mol. The summed E-state index contributed by atoms with van der Waals surface area (Å²) >= 11 is 1.89. The molecule has 3 aliphatic carbocycles. The van der Waals surface area contributed by atoms with Crippen molar-refractivity contribution in [1.82, 2.24) is 0 Å². The molecule has 8 aromatic rings. The van der Waals surface area contributed by atoms with Crippen LogP contribution >= 0.6 is 11.3 Å². The van der Waals surface area contributed by atoms with Crippen LogP contribution in [-0.2, 0) is 15.5 Å². The summed E-state index contributed by atoms with van der Waals surface area (Å²) in [7, 11) is 0.393. The summed E-state index contributed by atoms with van der Waals surface area (Å²) in [4.78, 5) is 0. The predicted molar refractivity (Wildman–Crippen MR) is 226 cm³/mol. The molecule has 0 saturated heterocycles. The Bertz CT molecular complexity index is 2780. The molecule has 4 heteroatoms. The lowest BCUT2D eigenvalue weighted by Gasteiger charge is -2.49. The molecule has 3 aliphatic rings. The maximum atomic E-state index is 11.0. The Balaban J connectivity index is 1.26. The molecule has 2 spiro atoms. The fraction of sp³-hybridized carbons (Fsp3) is 0.160. The Labute approximate surface area is 321 Å². The first-order valence-electron chi connectivity index (χ1n) is 19.0. The average molecular weight is 715 g/mol. The van der Waals surface area contributed by atoms with Gasteiger partial charge in [-0.2, -0.15) is 0 Å². The standard InChI is InChI=1S/C50H39BO2S/c1-47(2,52)48(3,4)53-51-30-25-26-33-35-28-36-34-17-7-14-24-45(34)54-46(36)29-44(35)50(43(33)27-30)41-22-12-10-20-39(41)49(40-21-11-13-23-42(40)50)37-18-8-5-15-31(37)32-16-6-9-19-38(32)49/h5-29,51-52H,1-4H3. The van der Waals surface area contributed by atoms with Gasteiger partial charge in [-0.05, 0) is 113 Å². The number of aliphatic hydroxyl groups is 1. The number of rotatable bonds is 4. The number of benzene rings is 7. The van der Waals surface area contributed by atoms with E-state index in [0.29, 0.717) is 7.48 Å². The van der Waals surface area contributed by atoms with Gasteiger partial charge in [-0.15, -0.1) is 11.3 Å². The second-order valence-electron chi connectivity index (χ2n) is 16.4. The predicted octanol–water partition coefficient (Wildman–Crippen LogP) is 10.6. The molecule has 11 rings (SSSR count). The molecule has 1 aromatic heterocycles. The molecule has 0 atom stereocenters. The van der Waals surface area contributed by atoms with E-state index in [4.69, 9.17) is 4.65 Å². The van der Waals surface area contributed by atoms with Gasteiger partial charge in [0.25, 0.3) is 0 Å². The van der Waals surface area contributed by atoms with Gasteiger partial charge in [0.2, 0.25) is 0 Å². The van der Waals surface area contributed by atoms with E-state index in [1.165, 1.54) is 86.9 Å². The van der Waals surface area contributed by atoms with E-state index < -0.39 is 22.0 Å². The molecule has 0 fully saturated rings. The molecule has 2 nitrogen and oxygen atoms in total. The van der Waals surface area contributed by atoms with E-state index in [2.05, 4.69) is 152 Å². The van der Waals surface area contributed by atoms with Crippen LogP contribution in [0.15, 0.2) is 152 Å². The molecular formula is C50H39BO2S. The average Bonchev–Trinajstić information content (AvgIpc) is 3.80. The Hall–Kier alpha value is -5.26. The van der Waals surface area contributed by atoms with Gasteiger partial charge in [0.05, 0.1) is 22.0 Å². The van der Waals surface area contributed by atoms with Crippen LogP contribution in [0.4, 0.5) is 0 Å². The van der Waals surface area contributed by atoms with E-state index >= 15 is 0 Å². The van der Waals surface area contributed by atoms with Gasteiger partial charge in [0.15, 0.2) is 0 Å². The van der Waals surface area contributed by atoms with Crippen molar-refractivity contribution in [3.8, 4) is 22.3 Å². The topological polar surface area (TPSA) is 29.5 Å². The Morgan fingerprint density at radius 3 is 1.54 bits per heavy atom. The van der Waals surface area contributed by atoms with Gasteiger partial charge in [-0.25, -0.2) is 0 Å². The summed E-state index contributed by atoms with van der Waals surface area (Å²) in [5, 5.41) is 13.6. The van der Waals surface area contributed by atoms with Gasteiger partial charge in [0, 0.05) is 20.2 Å². The normalized spacial score (nSPS) is 15.5. The van der Waals surface area contributed by atoms with Crippen molar-refractivity contribution in [2.24, 2.45) is 0 Å². The third-order valence-electron chi connectivity index (χ3n) is 13.2. The molecule has 0 unspecified atom stereocenters. The third-order valence-corrected chi connectivity index (χ3v) is 14.3. The van der Waals surface area contributed by atoms with Crippen molar-refractivity contribution in [1.29, 1.82) is 0 Å². The first kappa shape index (κ1) is 32.2. The minimum absolute atomic E-state index is 0.393. The molecule has 0 aliphatic heterocycles. The second-order valence-corrected chi connectivity index (χ2v) is 17.5. The van der Waals surface area contributed by atoms with E-state index in [0.717, 1.165) is 5.46 Å². The minimum Gasteiger partial charge on any atom is -0.427 e. The van der Waals surface area contributed by atoms with E-state index in [9.17, 15) is 5.11 Å². The zero-order valence-corrected chi connectivity index (χ0v) is 31.7. The summed E-state index contributed by atoms with van der Waals surface area (Å²) in [6.45, 7) is 7.59. The monoisotopic (exact) mass is 714 g/mol. The highest BCUT2D eigenvalue weighted by atomic mass is 32.1. The van der Waals surface area contributed by atoms with Crippen LogP contribution < -0.4 is 5.46 Å². The molecule has 1 heterocycles. The van der Waals surface area contributed by atoms with Gasteiger partial charge in [-0.3, -0.25) is 0 Å². The molecule has 7 aromatic carbocycles. The van der Waals surface area contributed by atoms with Crippen molar-refractivity contribution in [2.75, 3.05) is 0 Å². The number of hydrogen-bond donors (Lipinski definition) is 1. The molecule has 1 N–H and O–H groups in total. The van der Waals surface area contributed by atoms with Crippen LogP contribution in [0.5, 0.6) is 0 Å². The zero-order valence-electron chi connectivity index (χ0n) is 30.9. The second kappa shape index (κ2) is 10.9. The van der Waals surface area contributed by atoms with Crippen LogP contribution in [0, 0.1) is 0 Å². The lowest BCUT2D eigenvalue weighted by molar-refractivity contribution is -0.0893. The highest BCUT2D eigenvalue weighted by Gasteiger charge is 2.59. The summed E-state index contributed by atoms with van der Waals surface area (Å²) in [6.07, 6.45) is 0. The number of fused-ring (bicyclic) bond motifs is 19. The summed E-state index contributed by atoms with van der Waals surface area (Å²) in [5.41, 5.74) is 14.1. The molecule has 54 heavy (non-hydrogen) atoms. The molecule has 0 bridgehead atoms. The van der Waals surface area contributed by atoms with Gasteiger partial charge < -0.3 is 9.76 Å². The lowest BCUT2D eigenvalue weighted by atomic mass is 9.52. The fourth-order valence-electron chi connectivity index (χ4n) is 10.1. The van der Waals surface area contributed by atoms with Gasteiger partial charge in [0.1, 0.15) is 0 Å². The highest BCUT2D eigenvalue weighted by Crippen LogP contribution is 2.67. The van der Waals surface area contributed by atoms with Crippen molar-refractivity contribution < 1.29 is 9.76 Å². The largest absolute Gasteiger partial charge is 0.427 e. The molecule has 0 radical (unpaired) electrons. The molecule has 0 saturated carbocycles. The van der Waals surface area contributed by atoms with Crippen LogP contribution in [-0.4, -0.2) is 23.8 Å². The van der Waals surface area contributed by atoms with E-state index in [1.807, 2.05) is 39.0 Å². The quantitative estimate of drug-likeness (QED) is 0.184. The Morgan fingerprint density at radius 1 is 0.463 bits per heavy atom. The van der Waals surface area contributed by atoms with E-state index in [-0.39, 0.29) is 0 Å². The summed E-state index contributed by atoms with van der Waals surface area (Å²) < 4.78 is 9.16. The molecule has 260 valence electrons. The maximum absolute atomic E-state index is 11.0. The molecule has 0 amide bonds. The first-order chi connectivity index (χ1) is 26.2. The van der Waals surface area contributed by atoms with Crippen LogP contribution in [0.2, 0.25) is 0 Å². The van der Waals surface area contributed by atoms with Crippen molar-refractivity contribution >= 4 is 44.5 Å². The fourth-order valence-corrected chi connectivity index (χ4v) is 11.2. The van der Waals surface area contributed by atoms with E-state index in [1.54, 1.807) is 0 Å². The SMILES string of the molecule is CC(C)(O)C(C)(C)OBc1ccc2c(c1)C1(c3cc4sc5ccccc5c4cc3-2)c2ccccc2C2(c3ccccc3-c3ccccc32)c2ccccc21. The maximum Gasteiger partial charge on any atom is 0.309 e. The number of hydrogen-bond acceptors (Lipinski definition) is 3. The van der Waals surface area contributed by atoms with Gasteiger partial charge >= 0.3 is 7.48 Å². The van der Waals surface area contributed by atoms with Crippen LogP contribution in [0.25, 0.3) is 42.4 Å². The lowest BCUT2D eigenvalue weighted by Crippen LogP contribution is -2.49. The Kier molecular flexibility index (Phi) is 6.51. The van der Waals surface area contributed by atoms with Crippen molar-refractivity contribution in [3.63, 3.8) is 0 Å². The smallest absolute Gasteiger partial charge is 0.309 e. The summed E-state index contributed by atoms with van der Waals surface area (Å²) in [5.74, 6) is 0. The summed E-state index contributed by atoms with van der Waals surface area (Å²) in [6, 6.07) is 57.5. The highest BCUT2D eigenvalue weighted by molar-refractivity contribution is 7.25. The van der Waals surface area contributed by atoms with Crippen molar-refractivity contribution in [3.05, 3.63) is 196 Å². The van der Waals surface area contributed by atoms with Gasteiger partial charge in [-0.1, -0.05) is 139 Å². The minimum atomic E-state index is -1.00. The first-order valence-corrected chi connectivity index (χ1v) is 19.8. The third kappa shape index (κ3) is 3.93.